The van der Waals surface area contributed by atoms with Gasteiger partial charge in [-0.25, -0.2) is 0 Å². The van der Waals surface area contributed by atoms with Crippen LogP contribution in [0.2, 0.25) is 0 Å². The molecule has 0 saturated carbocycles. The van der Waals surface area contributed by atoms with E-state index in [2.05, 4.69) is 26.8 Å². The molecule has 1 aromatic carbocycles. The first-order valence-corrected chi connectivity index (χ1v) is 7.76. The van der Waals surface area contributed by atoms with Gasteiger partial charge in [-0.1, -0.05) is 39.7 Å². The van der Waals surface area contributed by atoms with Gasteiger partial charge in [0.2, 0.25) is 0 Å². The van der Waals surface area contributed by atoms with Crippen LogP contribution in [0.3, 0.4) is 0 Å². The molecule has 1 aromatic rings. The summed E-state index contributed by atoms with van der Waals surface area (Å²) in [6, 6.07) is 6.08. The lowest BCUT2D eigenvalue weighted by Gasteiger charge is -2.28. The van der Waals surface area contributed by atoms with Gasteiger partial charge in [-0.05, 0) is 53.7 Å². The normalized spacial score (nSPS) is 21.2. The summed E-state index contributed by atoms with van der Waals surface area (Å²) in [6.45, 7) is 6.48. The molecule has 1 aliphatic carbocycles. The molecule has 20 heavy (non-hydrogen) atoms. The fraction of sp³-hybridized carbons (Fsp3) is 0.556. The average molecular weight is 274 g/mol. The molecule has 0 saturated heterocycles. The molecule has 0 fully saturated rings. The lowest BCUT2D eigenvalue weighted by molar-refractivity contribution is 0.0648. The lowest BCUT2D eigenvalue weighted by atomic mass is 9.84. The van der Waals surface area contributed by atoms with Crippen molar-refractivity contribution in [2.75, 3.05) is 7.11 Å². The molecule has 0 aliphatic heterocycles. The number of aliphatic hydroxyl groups is 1. The van der Waals surface area contributed by atoms with Gasteiger partial charge in [-0.3, -0.25) is 0 Å². The Balaban J connectivity index is 2.57. The van der Waals surface area contributed by atoms with Crippen molar-refractivity contribution in [2.24, 2.45) is 0 Å². The highest BCUT2D eigenvalue weighted by Crippen LogP contribution is 2.50. The highest BCUT2D eigenvalue weighted by atomic mass is 16.5. The maximum absolute atomic E-state index is 11.3. The minimum Gasteiger partial charge on any atom is -0.497 e. The quantitative estimate of drug-likeness (QED) is 0.817. The van der Waals surface area contributed by atoms with Crippen LogP contribution < -0.4 is 4.74 Å². The first kappa shape index (κ1) is 15.1. The zero-order valence-corrected chi connectivity index (χ0v) is 13.1. The maximum Gasteiger partial charge on any atom is 0.119 e. The Bertz CT molecular complexity index is 516. The van der Waals surface area contributed by atoms with Crippen molar-refractivity contribution in [3.05, 3.63) is 34.9 Å². The third-order valence-electron chi connectivity index (χ3n) is 4.46. The van der Waals surface area contributed by atoms with E-state index in [-0.39, 0.29) is 0 Å². The number of fused-ring (bicyclic) bond motifs is 1. The van der Waals surface area contributed by atoms with Gasteiger partial charge in [-0.2, -0.15) is 0 Å². The molecule has 1 unspecified atom stereocenters. The molecule has 0 spiro atoms. The minimum atomic E-state index is -0.766. The zero-order valence-electron chi connectivity index (χ0n) is 13.1. The van der Waals surface area contributed by atoms with Crippen LogP contribution in [0.25, 0.3) is 5.57 Å². The standard InChI is InChI=1S/C18H26O2/c1-5-8-11-18(19)16(7-3)14(6-2)15-12-13(20-4)9-10-17(15)18/h9-10,12,19H,5-8,11H2,1-4H3. The Labute approximate surface area is 122 Å². The SMILES string of the molecule is CCCCC1(O)C(CC)=C(CC)c2cc(OC)ccc21. The molecule has 1 aliphatic rings. The Hall–Kier alpha value is -1.28. The molecule has 0 amide bonds. The smallest absolute Gasteiger partial charge is 0.119 e. The molecule has 2 heteroatoms. The van der Waals surface area contributed by atoms with Crippen LogP contribution in [-0.2, 0) is 5.60 Å². The number of allylic oxidation sites excluding steroid dienone is 1. The van der Waals surface area contributed by atoms with E-state index in [4.69, 9.17) is 4.74 Å². The summed E-state index contributed by atoms with van der Waals surface area (Å²) in [5.74, 6) is 0.866. The van der Waals surface area contributed by atoms with Gasteiger partial charge in [0.25, 0.3) is 0 Å². The molecule has 0 aromatic heterocycles. The summed E-state index contributed by atoms with van der Waals surface area (Å²) in [7, 11) is 1.69. The molecule has 0 heterocycles. The summed E-state index contributed by atoms with van der Waals surface area (Å²) in [5.41, 5.74) is 4.00. The van der Waals surface area contributed by atoms with Gasteiger partial charge >= 0.3 is 0 Å². The van der Waals surface area contributed by atoms with E-state index in [0.717, 1.165) is 43.4 Å². The first-order valence-electron chi connectivity index (χ1n) is 7.76. The van der Waals surface area contributed by atoms with Crippen molar-refractivity contribution in [1.82, 2.24) is 0 Å². The van der Waals surface area contributed by atoms with Gasteiger partial charge < -0.3 is 9.84 Å². The van der Waals surface area contributed by atoms with Crippen molar-refractivity contribution < 1.29 is 9.84 Å². The van der Waals surface area contributed by atoms with E-state index < -0.39 is 5.60 Å². The van der Waals surface area contributed by atoms with Crippen LogP contribution in [-0.4, -0.2) is 12.2 Å². The molecule has 1 N–H and O–H groups in total. The number of benzene rings is 1. The highest BCUT2D eigenvalue weighted by Gasteiger charge is 2.41. The van der Waals surface area contributed by atoms with Gasteiger partial charge in [0.1, 0.15) is 11.4 Å². The second-order valence-corrected chi connectivity index (χ2v) is 5.54. The Morgan fingerprint density at radius 2 is 1.90 bits per heavy atom. The fourth-order valence-electron chi connectivity index (χ4n) is 3.46. The first-order chi connectivity index (χ1) is 9.62. The average Bonchev–Trinajstić information content (AvgIpc) is 2.72. The monoisotopic (exact) mass is 274 g/mol. The van der Waals surface area contributed by atoms with Crippen LogP contribution in [0, 0.1) is 0 Å². The van der Waals surface area contributed by atoms with E-state index in [1.165, 1.54) is 16.7 Å². The maximum atomic E-state index is 11.3. The zero-order chi connectivity index (χ0) is 14.8. The van der Waals surface area contributed by atoms with Gasteiger partial charge in [0.15, 0.2) is 0 Å². The van der Waals surface area contributed by atoms with Crippen LogP contribution in [0.5, 0.6) is 5.75 Å². The summed E-state index contributed by atoms with van der Waals surface area (Å²) < 4.78 is 5.35. The third-order valence-corrected chi connectivity index (χ3v) is 4.46. The van der Waals surface area contributed by atoms with Crippen molar-refractivity contribution in [3.8, 4) is 5.75 Å². The Morgan fingerprint density at radius 1 is 1.15 bits per heavy atom. The van der Waals surface area contributed by atoms with E-state index in [1.54, 1.807) is 7.11 Å². The number of ether oxygens (including phenoxy) is 1. The van der Waals surface area contributed by atoms with Crippen molar-refractivity contribution >= 4 is 5.57 Å². The van der Waals surface area contributed by atoms with E-state index >= 15 is 0 Å². The minimum absolute atomic E-state index is 0.766. The predicted octanol–water partition coefficient (Wildman–Crippen LogP) is 4.66. The van der Waals surface area contributed by atoms with Gasteiger partial charge in [0, 0.05) is 0 Å². The van der Waals surface area contributed by atoms with Crippen LogP contribution >= 0.6 is 0 Å². The summed E-state index contributed by atoms with van der Waals surface area (Å²) >= 11 is 0. The summed E-state index contributed by atoms with van der Waals surface area (Å²) in [6.07, 6.45) is 4.82. The largest absolute Gasteiger partial charge is 0.497 e. The summed E-state index contributed by atoms with van der Waals surface area (Å²) in [4.78, 5) is 0. The number of unbranched alkanes of at least 4 members (excludes halogenated alkanes) is 1. The molecule has 2 rings (SSSR count). The molecule has 0 radical (unpaired) electrons. The highest BCUT2D eigenvalue weighted by molar-refractivity contribution is 5.80. The molecule has 2 nitrogen and oxygen atoms in total. The van der Waals surface area contributed by atoms with Gasteiger partial charge in [0.05, 0.1) is 7.11 Å². The van der Waals surface area contributed by atoms with Crippen molar-refractivity contribution in [3.63, 3.8) is 0 Å². The fourth-order valence-corrected chi connectivity index (χ4v) is 3.46. The van der Waals surface area contributed by atoms with E-state index in [0.29, 0.717) is 0 Å². The van der Waals surface area contributed by atoms with Crippen molar-refractivity contribution in [2.45, 2.75) is 58.5 Å². The Morgan fingerprint density at radius 3 is 2.45 bits per heavy atom. The molecule has 0 bridgehead atoms. The topological polar surface area (TPSA) is 29.5 Å². The van der Waals surface area contributed by atoms with Gasteiger partial charge in [-0.15, -0.1) is 0 Å². The Kier molecular flexibility index (Phi) is 4.54. The summed E-state index contributed by atoms with van der Waals surface area (Å²) in [5, 5.41) is 11.3. The number of hydrogen-bond donors (Lipinski definition) is 1. The number of hydrogen-bond acceptors (Lipinski definition) is 2. The molecular weight excluding hydrogens is 248 g/mol. The van der Waals surface area contributed by atoms with Crippen LogP contribution in [0.15, 0.2) is 23.8 Å². The molecule has 1 atom stereocenters. The molecular formula is C18H26O2. The number of rotatable bonds is 6. The van der Waals surface area contributed by atoms with E-state index in [1.807, 2.05) is 12.1 Å². The number of methoxy groups -OCH3 is 1. The third kappa shape index (κ3) is 2.26. The molecule has 110 valence electrons. The second kappa shape index (κ2) is 6.01. The lowest BCUT2D eigenvalue weighted by Crippen LogP contribution is -2.25. The van der Waals surface area contributed by atoms with E-state index in [9.17, 15) is 5.11 Å². The van der Waals surface area contributed by atoms with Crippen LogP contribution in [0.1, 0.15) is 64.0 Å². The van der Waals surface area contributed by atoms with Crippen molar-refractivity contribution in [1.29, 1.82) is 0 Å². The second-order valence-electron chi connectivity index (χ2n) is 5.54. The van der Waals surface area contributed by atoms with Crippen LogP contribution in [0.4, 0.5) is 0 Å². The predicted molar refractivity (Wildman–Crippen MR) is 83.9 cm³/mol.